The summed E-state index contributed by atoms with van der Waals surface area (Å²) < 4.78 is 0.955. The van der Waals surface area contributed by atoms with Crippen molar-refractivity contribution in [2.75, 3.05) is 13.6 Å². The third-order valence-electron chi connectivity index (χ3n) is 2.53. The van der Waals surface area contributed by atoms with Gasteiger partial charge >= 0.3 is 5.97 Å². The summed E-state index contributed by atoms with van der Waals surface area (Å²) in [6.07, 6.45) is 3.76. The molecular weight excluding hydrogens is 310 g/mol. The first-order valence-corrected chi connectivity index (χ1v) is 6.69. The number of aliphatic carboxylic acids is 1. The highest BCUT2D eigenvalue weighted by molar-refractivity contribution is 9.10. The van der Waals surface area contributed by atoms with Gasteiger partial charge in [-0.3, -0.25) is 9.59 Å². The zero-order chi connectivity index (χ0) is 14.3. The summed E-state index contributed by atoms with van der Waals surface area (Å²) in [5.41, 5.74) is 0.932. The van der Waals surface area contributed by atoms with E-state index in [1.54, 1.807) is 13.1 Å². The number of benzene rings is 1. The maximum atomic E-state index is 11.8. The van der Waals surface area contributed by atoms with Crippen LogP contribution in [-0.2, 0) is 9.59 Å². The molecule has 0 saturated carbocycles. The molecule has 1 rings (SSSR count). The summed E-state index contributed by atoms with van der Waals surface area (Å²) >= 11 is 3.36. The van der Waals surface area contributed by atoms with Crippen molar-refractivity contribution >= 4 is 33.9 Å². The Morgan fingerprint density at radius 3 is 2.79 bits per heavy atom. The van der Waals surface area contributed by atoms with Crippen molar-refractivity contribution in [2.24, 2.45) is 0 Å². The highest BCUT2D eigenvalue weighted by Gasteiger charge is 2.05. The van der Waals surface area contributed by atoms with Crippen LogP contribution in [0.2, 0.25) is 0 Å². The zero-order valence-electron chi connectivity index (χ0n) is 10.7. The summed E-state index contributed by atoms with van der Waals surface area (Å²) in [5, 5.41) is 8.52. The summed E-state index contributed by atoms with van der Waals surface area (Å²) in [4.78, 5) is 23.6. The maximum Gasteiger partial charge on any atom is 0.303 e. The largest absolute Gasteiger partial charge is 0.481 e. The lowest BCUT2D eigenvalue weighted by atomic mass is 10.2. The van der Waals surface area contributed by atoms with E-state index in [4.69, 9.17) is 5.11 Å². The number of nitrogens with zero attached hydrogens (tertiary/aromatic N) is 1. The van der Waals surface area contributed by atoms with Gasteiger partial charge in [0.25, 0.3) is 0 Å². The van der Waals surface area contributed by atoms with Gasteiger partial charge in [0.05, 0.1) is 0 Å². The molecule has 0 fully saturated rings. The molecular formula is C14H16BrNO3. The second-order valence-corrected chi connectivity index (χ2v) is 5.06. The van der Waals surface area contributed by atoms with Gasteiger partial charge in [0.1, 0.15) is 0 Å². The number of hydrogen-bond acceptors (Lipinski definition) is 2. The molecule has 1 aromatic carbocycles. The van der Waals surface area contributed by atoms with Crippen LogP contribution in [-0.4, -0.2) is 35.5 Å². The van der Waals surface area contributed by atoms with Gasteiger partial charge in [-0.1, -0.05) is 28.1 Å². The van der Waals surface area contributed by atoms with Crippen molar-refractivity contribution in [2.45, 2.75) is 12.8 Å². The molecule has 0 aromatic heterocycles. The van der Waals surface area contributed by atoms with Crippen LogP contribution in [0.5, 0.6) is 0 Å². The normalized spacial score (nSPS) is 10.6. The Kier molecular flexibility index (Phi) is 6.29. The van der Waals surface area contributed by atoms with Crippen LogP contribution >= 0.6 is 15.9 Å². The monoisotopic (exact) mass is 325 g/mol. The third-order valence-corrected chi connectivity index (χ3v) is 3.02. The smallest absolute Gasteiger partial charge is 0.303 e. The molecule has 0 aliphatic heterocycles. The molecule has 0 heterocycles. The molecule has 0 aliphatic carbocycles. The SMILES string of the molecule is CN(CCCC(=O)O)C(=O)C=Cc1cccc(Br)c1. The quantitative estimate of drug-likeness (QED) is 0.818. The number of carbonyl (C=O) groups excluding carboxylic acids is 1. The molecule has 102 valence electrons. The Morgan fingerprint density at radius 2 is 2.16 bits per heavy atom. The molecule has 0 spiro atoms. The Bertz CT molecular complexity index is 485. The third kappa shape index (κ3) is 6.20. The van der Waals surface area contributed by atoms with Crippen LogP contribution in [0.1, 0.15) is 18.4 Å². The van der Waals surface area contributed by atoms with Gasteiger partial charge in [-0.05, 0) is 30.2 Å². The average molecular weight is 326 g/mol. The first-order chi connectivity index (χ1) is 8.99. The first-order valence-electron chi connectivity index (χ1n) is 5.89. The minimum absolute atomic E-state index is 0.0764. The molecule has 1 amide bonds. The number of carbonyl (C=O) groups is 2. The number of rotatable bonds is 6. The molecule has 0 unspecified atom stereocenters. The van der Waals surface area contributed by atoms with Gasteiger partial charge in [-0.25, -0.2) is 0 Å². The summed E-state index contributed by atoms with van der Waals surface area (Å²) in [6.45, 7) is 0.438. The van der Waals surface area contributed by atoms with Gasteiger partial charge in [0.2, 0.25) is 5.91 Å². The van der Waals surface area contributed by atoms with Gasteiger partial charge < -0.3 is 10.0 Å². The van der Waals surface area contributed by atoms with Crippen LogP contribution in [0, 0.1) is 0 Å². The molecule has 1 N–H and O–H groups in total. The van der Waals surface area contributed by atoms with Crippen LogP contribution in [0.3, 0.4) is 0 Å². The molecule has 5 heteroatoms. The lowest BCUT2D eigenvalue weighted by Crippen LogP contribution is -2.26. The number of hydrogen-bond donors (Lipinski definition) is 1. The molecule has 4 nitrogen and oxygen atoms in total. The highest BCUT2D eigenvalue weighted by Crippen LogP contribution is 2.12. The van der Waals surface area contributed by atoms with Gasteiger partial charge in [0.15, 0.2) is 0 Å². The topological polar surface area (TPSA) is 57.6 Å². The highest BCUT2D eigenvalue weighted by atomic mass is 79.9. The molecule has 0 bridgehead atoms. The van der Waals surface area contributed by atoms with E-state index < -0.39 is 5.97 Å². The lowest BCUT2D eigenvalue weighted by Gasteiger charge is -2.13. The number of amides is 1. The second-order valence-electron chi connectivity index (χ2n) is 4.15. The van der Waals surface area contributed by atoms with E-state index in [-0.39, 0.29) is 12.3 Å². The number of carboxylic acid groups (broad SMARTS) is 1. The number of likely N-dealkylation sites (N-methyl/N-ethyl adjacent to an activating group) is 1. The average Bonchev–Trinajstić information content (AvgIpc) is 2.35. The van der Waals surface area contributed by atoms with Crippen molar-refractivity contribution < 1.29 is 14.7 Å². The van der Waals surface area contributed by atoms with E-state index in [2.05, 4.69) is 15.9 Å². The minimum atomic E-state index is -0.842. The molecule has 1 aromatic rings. The number of carboxylic acids is 1. The lowest BCUT2D eigenvalue weighted by molar-refractivity contribution is -0.137. The summed E-state index contributed by atoms with van der Waals surface area (Å²) in [6, 6.07) is 7.62. The van der Waals surface area contributed by atoms with Crippen molar-refractivity contribution in [1.82, 2.24) is 4.90 Å². The standard InChI is InChI=1S/C14H16BrNO3/c1-16(9-3-6-14(18)19)13(17)8-7-11-4-2-5-12(15)10-11/h2,4-5,7-8,10H,3,6,9H2,1H3,(H,18,19). The summed E-state index contributed by atoms with van der Waals surface area (Å²) in [5.74, 6) is -0.976. The first kappa shape index (κ1) is 15.4. The van der Waals surface area contributed by atoms with E-state index in [0.29, 0.717) is 13.0 Å². The number of halogens is 1. The Balaban J connectivity index is 2.47. The minimum Gasteiger partial charge on any atom is -0.481 e. The molecule has 19 heavy (non-hydrogen) atoms. The predicted octanol–water partition coefficient (Wildman–Crippen LogP) is 2.79. The van der Waals surface area contributed by atoms with Crippen molar-refractivity contribution in [3.05, 3.63) is 40.4 Å². The molecule has 0 radical (unpaired) electrons. The van der Waals surface area contributed by atoms with Gasteiger partial charge in [-0.2, -0.15) is 0 Å². The second kappa shape index (κ2) is 7.74. The van der Waals surface area contributed by atoms with E-state index in [1.807, 2.05) is 24.3 Å². The van der Waals surface area contributed by atoms with E-state index in [9.17, 15) is 9.59 Å². The van der Waals surface area contributed by atoms with Crippen molar-refractivity contribution in [3.8, 4) is 0 Å². The Labute approximate surface area is 120 Å². The van der Waals surface area contributed by atoms with E-state index >= 15 is 0 Å². The van der Waals surface area contributed by atoms with E-state index in [0.717, 1.165) is 10.0 Å². The van der Waals surface area contributed by atoms with Crippen LogP contribution < -0.4 is 0 Å². The van der Waals surface area contributed by atoms with Crippen molar-refractivity contribution in [1.29, 1.82) is 0 Å². The predicted molar refractivity (Wildman–Crippen MR) is 77.7 cm³/mol. The fraction of sp³-hybridized carbons (Fsp3) is 0.286. The Morgan fingerprint density at radius 1 is 1.42 bits per heavy atom. The van der Waals surface area contributed by atoms with E-state index in [1.165, 1.54) is 11.0 Å². The maximum absolute atomic E-state index is 11.8. The summed E-state index contributed by atoms with van der Waals surface area (Å²) in [7, 11) is 1.66. The molecule has 0 saturated heterocycles. The fourth-order valence-electron chi connectivity index (χ4n) is 1.48. The Hall–Kier alpha value is -1.62. The van der Waals surface area contributed by atoms with Crippen molar-refractivity contribution in [3.63, 3.8) is 0 Å². The molecule has 0 aliphatic rings. The van der Waals surface area contributed by atoms with Crippen LogP contribution in [0.25, 0.3) is 6.08 Å². The van der Waals surface area contributed by atoms with Gasteiger partial charge in [0, 0.05) is 30.6 Å². The molecule has 0 atom stereocenters. The fourth-order valence-corrected chi connectivity index (χ4v) is 1.90. The van der Waals surface area contributed by atoms with Gasteiger partial charge in [-0.15, -0.1) is 0 Å². The van der Waals surface area contributed by atoms with Crippen LogP contribution in [0.15, 0.2) is 34.8 Å². The van der Waals surface area contributed by atoms with Crippen LogP contribution in [0.4, 0.5) is 0 Å². The zero-order valence-corrected chi connectivity index (χ0v) is 12.3.